The predicted octanol–water partition coefficient (Wildman–Crippen LogP) is 4.16. The average molecular weight is 309 g/mol. The maximum absolute atomic E-state index is 6.24. The van der Waals surface area contributed by atoms with Gasteiger partial charge in [-0.2, -0.15) is 0 Å². The third-order valence-electron chi connectivity index (χ3n) is 5.19. The second kappa shape index (κ2) is 7.75. The molecule has 0 aromatic carbocycles. The number of rotatable bonds is 7. The summed E-state index contributed by atoms with van der Waals surface area (Å²) in [7, 11) is 2.29. The Bertz CT molecular complexity index is 401. The quantitative estimate of drug-likeness (QED) is 0.819. The molecule has 1 aromatic rings. The Labute approximate surface area is 134 Å². The molecule has 21 heavy (non-hydrogen) atoms. The van der Waals surface area contributed by atoms with Crippen LogP contribution in [-0.2, 0) is 6.42 Å². The van der Waals surface area contributed by atoms with Gasteiger partial charge in [-0.15, -0.1) is 11.3 Å². The van der Waals surface area contributed by atoms with E-state index in [0.717, 1.165) is 31.3 Å². The summed E-state index contributed by atoms with van der Waals surface area (Å²) in [6.45, 7) is 6.63. The van der Waals surface area contributed by atoms with Gasteiger partial charge in [-0.25, -0.2) is 0 Å². The average Bonchev–Trinajstić information content (AvgIpc) is 2.97. The number of nitrogens with zero attached hydrogens (tertiary/aromatic N) is 1. The van der Waals surface area contributed by atoms with E-state index in [1.807, 2.05) is 11.3 Å². The Morgan fingerprint density at radius 3 is 2.90 bits per heavy atom. The summed E-state index contributed by atoms with van der Waals surface area (Å²) >= 11 is 1.87. The van der Waals surface area contributed by atoms with Crippen LogP contribution in [0.2, 0.25) is 0 Å². The van der Waals surface area contributed by atoms with Crippen LogP contribution in [0.4, 0.5) is 0 Å². The molecule has 2 atom stereocenters. The SMILES string of the molecule is CC(C)CC1CCCC(CN)(N(C)CCc2cccs2)C1. The van der Waals surface area contributed by atoms with Crippen molar-refractivity contribution in [3.05, 3.63) is 22.4 Å². The van der Waals surface area contributed by atoms with Crippen molar-refractivity contribution in [3.8, 4) is 0 Å². The molecule has 3 heteroatoms. The molecule has 1 fully saturated rings. The van der Waals surface area contributed by atoms with Crippen molar-refractivity contribution in [3.63, 3.8) is 0 Å². The third kappa shape index (κ3) is 4.54. The molecule has 2 N–H and O–H groups in total. The molecule has 0 spiro atoms. The molecule has 1 aliphatic rings. The van der Waals surface area contributed by atoms with Gasteiger partial charge in [0, 0.05) is 23.5 Å². The zero-order chi connectivity index (χ0) is 15.3. The lowest BCUT2D eigenvalue weighted by Crippen LogP contribution is -2.55. The Morgan fingerprint density at radius 1 is 1.48 bits per heavy atom. The maximum atomic E-state index is 6.24. The molecule has 2 unspecified atom stereocenters. The Balaban J connectivity index is 1.94. The molecule has 1 saturated carbocycles. The van der Waals surface area contributed by atoms with Gasteiger partial charge in [-0.05, 0) is 56.0 Å². The highest BCUT2D eigenvalue weighted by atomic mass is 32.1. The van der Waals surface area contributed by atoms with E-state index in [4.69, 9.17) is 5.73 Å². The summed E-state index contributed by atoms with van der Waals surface area (Å²) in [5.74, 6) is 1.67. The van der Waals surface area contributed by atoms with Crippen LogP contribution in [0.5, 0.6) is 0 Å². The summed E-state index contributed by atoms with van der Waals surface area (Å²) in [5, 5.41) is 2.17. The smallest absolute Gasteiger partial charge is 0.0331 e. The third-order valence-corrected chi connectivity index (χ3v) is 6.13. The minimum Gasteiger partial charge on any atom is -0.329 e. The number of nitrogens with two attached hydrogens (primary N) is 1. The highest BCUT2D eigenvalue weighted by molar-refractivity contribution is 7.09. The van der Waals surface area contributed by atoms with Gasteiger partial charge in [0.1, 0.15) is 0 Å². The molecule has 120 valence electrons. The fraction of sp³-hybridized carbons (Fsp3) is 0.778. The normalized spacial score (nSPS) is 26.7. The van der Waals surface area contributed by atoms with Crippen LogP contribution in [0.3, 0.4) is 0 Å². The van der Waals surface area contributed by atoms with Gasteiger partial charge >= 0.3 is 0 Å². The van der Waals surface area contributed by atoms with Gasteiger partial charge in [-0.3, -0.25) is 4.90 Å². The summed E-state index contributed by atoms with van der Waals surface area (Å²) in [4.78, 5) is 4.06. The number of thiophene rings is 1. The Morgan fingerprint density at radius 2 is 2.29 bits per heavy atom. The summed E-state index contributed by atoms with van der Waals surface area (Å²) in [5.41, 5.74) is 6.49. The molecule has 1 aromatic heterocycles. The van der Waals surface area contributed by atoms with E-state index in [1.165, 1.54) is 37.0 Å². The van der Waals surface area contributed by atoms with Gasteiger partial charge in [0.25, 0.3) is 0 Å². The predicted molar refractivity (Wildman–Crippen MR) is 93.9 cm³/mol. The molecule has 0 aliphatic heterocycles. The van der Waals surface area contributed by atoms with Gasteiger partial charge in [0.2, 0.25) is 0 Å². The van der Waals surface area contributed by atoms with Crippen LogP contribution < -0.4 is 5.73 Å². The van der Waals surface area contributed by atoms with Crippen LogP contribution in [-0.4, -0.2) is 30.6 Å². The first-order chi connectivity index (χ1) is 10.1. The maximum Gasteiger partial charge on any atom is 0.0331 e. The van der Waals surface area contributed by atoms with Crippen molar-refractivity contribution in [2.75, 3.05) is 20.1 Å². The fourth-order valence-corrected chi connectivity index (χ4v) is 4.69. The van der Waals surface area contributed by atoms with Crippen LogP contribution in [0, 0.1) is 11.8 Å². The van der Waals surface area contributed by atoms with Crippen molar-refractivity contribution >= 4 is 11.3 Å². The molecular formula is C18H32N2S. The van der Waals surface area contributed by atoms with Gasteiger partial charge < -0.3 is 5.73 Å². The fourth-order valence-electron chi connectivity index (χ4n) is 3.99. The first-order valence-corrected chi connectivity index (χ1v) is 9.37. The van der Waals surface area contributed by atoms with Gasteiger partial charge in [0.15, 0.2) is 0 Å². The Kier molecular flexibility index (Phi) is 6.27. The number of hydrogen-bond acceptors (Lipinski definition) is 3. The van der Waals surface area contributed by atoms with E-state index in [9.17, 15) is 0 Å². The molecule has 0 saturated heterocycles. The summed E-state index contributed by atoms with van der Waals surface area (Å²) in [6, 6.07) is 4.40. The highest BCUT2D eigenvalue weighted by Gasteiger charge is 2.38. The minimum absolute atomic E-state index is 0.245. The second-order valence-corrected chi connectivity index (χ2v) is 8.30. The van der Waals surface area contributed by atoms with Crippen LogP contribution in [0.25, 0.3) is 0 Å². The zero-order valence-electron chi connectivity index (χ0n) is 14.0. The molecule has 1 heterocycles. The van der Waals surface area contributed by atoms with E-state index in [0.29, 0.717) is 0 Å². The second-order valence-electron chi connectivity index (χ2n) is 7.27. The molecule has 1 aliphatic carbocycles. The van der Waals surface area contributed by atoms with E-state index >= 15 is 0 Å². The topological polar surface area (TPSA) is 29.3 Å². The van der Waals surface area contributed by atoms with Gasteiger partial charge in [0.05, 0.1) is 0 Å². The largest absolute Gasteiger partial charge is 0.329 e. The Hall–Kier alpha value is -0.380. The van der Waals surface area contributed by atoms with Crippen molar-refractivity contribution < 1.29 is 0 Å². The van der Waals surface area contributed by atoms with Crippen LogP contribution in [0.1, 0.15) is 50.8 Å². The summed E-state index contributed by atoms with van der Waals surface area (Å²) < 4.78 is 0. The molecule has 0 radical (unpaired) electrons. The summed E-state index contributed by atoms with van der Waals surface area (Å²) in [6.07, 6.45) is 7.84. The zero-order valence-corrected chi connectivity index (χ0v) is 14.8. The lowest BCUT2D eigenvalue weighted by atomic mass is 9.72. The standard InChI is InChI=1S/C18H32N2S/c1-15(2)12-16-6-4-9-18(13-16,14-19)20(3)10-8-17-7-5-11-21-17/h5,7,11,15-16H,4,6,8-10,12-14,19H2,1-3H3. The van der Waals surface area contributed by atoms with E-state index < -0.39 is 0 Å². The minimum atomic E-state index is 0.245. The highest BCUT2D eigenvalue weighted by Crippen LogP contribution is 2.38. The molecule has 2 rings (SSSR count). The van der Waals surface area contributed by atoms with E-state index in [-0.39, 0.29) is 5.54 Å². The lowest BCUT2D eigenvalue weighted by molar-refractivity contribution is 0.0530. The molecule has 2 nitrogen and oxygen atoms in total. The van der Waals surface area contributed by atoms with E-state index in [2.05, 4.69) is 43.3 Å². The lowest BCUT2D eigenvalue weighted by Gasteiger charge is -2.47. The van der Waals surface area contributed by atoms with Crippen LogP contribution in [0.15, 0.2) is 17.5 Å². The van der Waals surface area contributed by atoms with Crippen molar-refractivity contribution in [2.24, 2.45) is 17.6 Å². The monoisotopic (exact) mass is 308 g/mol. The van der Waals surface area contributed by atoms with E-state index in [1.54, 1.807) is 0 Å². The van der Waals surface area contributed by atoms with Crippen LogP contribution >= 0.6 is 11.3 Å². The number of likely N-dealkylation sites (N-methyl/N-ethyl adjacent to an activating group) is 1. The molecule has 0 amide bonds. The molecule has 0 bridgehead atoms. The number of hydrogen-bond donors (Lipinski definition) is 1. The van der Waals surface area contributed by atoms with Gasteiger partial charge in [-0.1, -0.05) is 32.8 Å². The first-order valence-electron chi connectivity index (χ1n) is 8.49. The van der Waals surface area contributed by atoms with Crippen molar-refractivity contribution in [2.45, 2.75) is 57.9 Å². The first kappa shape index (κ1) is 17.0. The molecular weight excluding hydrogens is 276 g/mol. The van der Waals surface area contributed by atoms with Crippen molar-refractivity contribution in [1.29, 1.82) is 0 Å². The van der Waals surface area contributed by atoms with Crippen molar-refractivity contribution in [1.82, 2.24) is 4.90 Å².